The highest BCUT2D eigenvalue weighted by Crippen LogP contribution is 2.33. The summed E-state index contributed by atoms with van der Waals surface area (Å²) in [5.41, 5.74) is -0.353. The number of hydrogen-bond donors (Lipinski definition) is 0. The standard InChI is InChI=1S/C11H7F6NO2/c12-10(13,14)5-19-8-3-1-2-7(4-18)9(8)20-6-11(15,16)17/h1-3H,5-6H2. The van der Waals surface area contributed by atoms with Gasteiger partial charge in [0.2, 0.25) is 0 Å². The number of nitrogens with zero attached hydrogens (tertiary/aromatic N) is 1. The minimum Gasteiger partial charge on any atom is -0.480 e. The van der Waals surface area contributed by atoms with Gasteiger partial charge in [0.05, 0.1) is 5.56 Å². The molecule has 0 radical (unpaired) electrons. The van der Waals surface area contributed by atoms with E-state index in [0.717, 1.165) is 12.1 Å². The smallest absolute Gasteiger partial charge is 0.422 e. The van der Waals surface area contributed by atoms with E-state index >= 15 is 0 Å². The summed E-state index contributed by atoms with van der Waals surface area (Å²) in [4.78, 5) is 0. The van der Waals surface area contributed by atoms with Crippen molar-refractivity contribution in [1.29, 1.82) is 5.26 Å². The van der Waals surface area contributed by atoms with E-state index < -0.39 is 37.1 Å². The third-order valence-corrected chi connectivity index (χ3v) is 1.87. The number of para-hydroxylation sites is 1. The number of ether oxygens (including phenoxy) is 2. The molecule has 0 N–H and O–H groups in total. The first kappa shape index (κ1) is 15.9. The molecule has 0 unspecified atom stereocenters. The van der Waals surface area contributed by atoms with Gasteiger partial charge in [0.1, 0.15) is 6.07 Å². The number of rotatable bonds is 4. The maximum absolute atomic E-state index is 12.1. The number of nitriles is 1. The van der Waals surface area contributed by atoms with Crippen LogP contribution in [0.15, 0.2) is 18.2 Å². The third-order valence-electron chi connectivity index (χ3n) is 1.87. The summed E-state index contributed by atoms with van der Waals surface area (Å²) in [6, 6.07) is 4.77. The van der Waals surface area contributed by atoms with Crippen LogP contribution in [0, 0.1) is 11.3 Å². The van der Waals surface area contributed by atoms with Crippen LogP contribution >= 0.6 is 0 Å². The Morgan fingerprint density at radius 3 is 2.00 bits per heavy atom. The summed E-state index contributed by atoms with van der Waals surface area (Å²) in [7, 11) is 0. The molecule has 0 aliphatic heterocycles. The number of alkyl halides is 6. The minimum absolute atomic E-state index is 0.353. The Balaban J connectivity index is 2.96. The van der Waals surface area contributed by atoms with Crippen molar-refractivity contribution >= 4 is 0 Å². The Hall–Kier alpha value is -2.11. The molecule has 1 rings (SSSR count). The number of hydrogen-bond acceptors (Lipinski definition) is 3. The van der Waals surface area contributed by atoms with Gasteiger partial charge >= 0.3 is 12.4 Å². The van der Waals surface area contributed by atoms with Crippen LogP contribution in [0.25, 0.3) is 0 Å². The van der Waals surface area contributed by atoms with Gasteiger partial charge in [-0.3, -0.25) is 0 Å². The first-order valence-corrected chi connectivity index (χ1v) is 5.04. The van der Waals surface area contributed by atoms with Gasteiger partial charge in [-0.15, -0.1) is 0 Å². The molecular formula is C11H7F6NO2. The summed E-state index contributed by atoms with van der Waals surface area (Å²) in [6.07, 6.45) is -9.35. The van der Waals surface area contributed by atoms with Crippen LogP contribution in [0.1, 0.15) is 5.56 Å². The van der Waals surface area contributed by atoms with Gasteiger partial charge in [-0.1, -0.05) is 6.07 Å². The second kappa shape index (κ2) is 5.90. The maximum Gasteiger partial charge on any atom is 0.422 e. The average Bonchev–Trinajstić information content (AvgIpc) is 2.32. The van der Waals surface area contributed by atoms with Gasteiger partial charge in [0.25, 0.3) is 0 Å². The van der Waals surface area contributed by atoms with Crippen molar-refractivity contribution in [3.05, 3.63) is 23.8 Å². The molecule has 0 aromatic heterocycles. The lowest BCUT2D eigenvalue weighted by molar-refractivity contribution is -0.158. The predicted molar refractivity (Wildman–Crippen MR) is 54.3 cm³/mol. The quantitative estimate of drug-likeness (QED) is 0.800. The summed E-state index contributed by atoms with van der Waals surface area (Å²) in [5.74, 6) is -1.25. The van der Waals surface area contributed by atoms with Crippen LogP contribution in [-0.2, 0) is 0 Å². The molecule has 20 heavy (non-hydrogen) atoms. The highest BCUT2D eigenvalue weighted by molar-refractivity contribution is 5.52. The van der Waals surface area contributed by atoms with Crippen molar-refractivity contribution in [3.63, 3.8) is 0 Å². The van der Waals surface area contributed by atoms with Crippen molar-refractivity contribution in [3.8, 4) is 17.6 Å². The van der Waals surface area contributed by atoms with Gasteiger partial charge in [0.15, 0.2) is 24.7 Å². The van der Waals surface area contributed by atoms with Gasteiger partial charge in [-0.05, 0) is 12.1 Å². The van der Waals surface area contributed by atoms with Crippen molar-refractivity contribution in [2.45, 2.75) is 12.4 Å². The van der Waals surface area contributed by atoms with E-state index in [9.17, 15) is 26.3 Å². The normalized spacial score (nSPS) is 11.8. The molecule has 110 valence electrons. The van der Waals surface area contributed by atoms with Crippen LogP contribution in [0.3, 0.4) is 0 Å². The molecular weight excluding hydrogens is 292 g/mol. The second-order valence-electron chi connectivity index (χ2n) is 3.55. The molecule has 0 fully saturated rings. The van der Waals surface area contributed by atoms with Crippen molar-refractivity contribution in [2.24, 2.45) is 0 Å². The number of halogens is 6. The van der Waals surface area contributed by atoms with Crippen LogP contribution in [0.2, 0.25) is 0 Å². The Labute approximate surface area is 109 Å². The highest BCUT2D eigenvalue weighted by Gasteiger charge is 2.31. The fraction of sp³-hybridized carbons (Fsp3) is 0.364. The van der Waals surface area contributed by atoms with Gasteiger partial charge in [-0.2, -0.15) is 31.6 Å². The summed E-state index contributed by atoms with van der Waals surface area (Å²) < 4.78 is 80.9. The molecule has 0 saturated heterocycles. The maximum atomic E-state index is 12.1. The summed E-state index contributed by atoms with van der Waals surface area (Å²) in [6.45, 7) is -3.45. The van der Waals surface area contributed by atoms with Gasteiger partial charge < -0.3 is 9.47 Å². The Morgan fingerprint density at radius 2 is 1.50 bits per heavy atom. The molecule has 0 aliphatic rings. The van der Waals surface area contributed by atoms with E-state index in [1.54, 1.807) is 0 Å². The molecule has 3 nitrogen and oxygen atoms in total. The van der Waals surface area contributed by atoms with E-state index in [2.05, 4.69) is 9.47 Å². The minimum atomic E-state index is -4.69. The van der Waals surface area contributed by atoms with E-state index in [4.69, 9.17) is 5.26 Å². The zero-order valence-corrected chi connectivity index (χ0v) is 9.68. The Kier molecular flexibility index (Phi) is 4.70. The average molecular weight is 299 g/mol. The largest absolute Gasteiger partial charge is 0.480 e. The zero-order chi connectivity index (χ0) is 15.4. The molecule has 1 aromatic rings. The number of benzene rings is 1. The Morgan fingerprint density at radius 1 is 0.950 bits per heavy atom. The SMILES string of the molecule is N#Cc1cccc(OCC(F)(F)F)c1OCC(F)(F)F. The molecule has 0 aliphatic carbocycles. The lowest BCUT2D eigenvalue weighted by Crippen LogP contribution is -2.22. The van der Waals surface area contributed by atoms with Crippen molar-refractivity contribution in [1.82, 2.24) is 0 Å². The van der Waals surface area contributed by atoms with Crippen LogP contribution in [0.5, 0.6) is 11.5 Å². The van der Waals surface area contributed by atoms with Gasteiger partial charge in [-0.25, -0.2) is 0 Å². The third kappa shape index (κ3) is 5.26. The molecule has 1 aromatic carbocycles. The second-order valence-corrected chi connectivity index (χ2v) is 3.55. The molecule has 0 heterocycles. The summed E-state index contributed by atoms with van der Waals surface area (Å²) in [5, 5.41) is 8.71. The molecule has 9 heteroatoms. The van der Waals surface area contributed by atoms with E-state index in [1.165, 1.54) is 12.1 Å². The van der Waals surface area contributed by atoms with Crippen LogP contribution in [0.4, 0.5) is 26.3 Å². The molecule has 0 spiro atoms. The monoisotopic (exact) mass is 299 g/mol. The Bertz CT molecular complexity index is 503. The van der Waals surface area contributed by atoms with E-state index in [0.29, 0.717) is 0 Å². The molecule has 0 bridgehead atoms. The van der Waals surface area contributed by atoms with Crippen molar-refractivity contribution < 1.29 is 35.8 Å². The predicted octanol–water partition coefficient (Wildman–Crippen LogP) is 3.44. The highest BCUT2D eigenvalue weighted by atomic mass is 19.4. The van der Waals surface area contributed by atoms with Crippen LogP contribution in [-0.4, -0.2) is 25.6 Å². The molecule has 0 saturated carbocycles. The van der Waals surface area contributed by atoms with Crippen molar-refractivity contribution in [2.75, 3.05) is 13.2 Å². The fourth-order valence-electron chi connectivity index (χ4n) is 1.18. The first-order valence-electron chi connectivity index (χ1n) is 5.04. The molecule has 0 atom stereocenters. The van der Waals surface area contributed by atoms with E-state index in [1.807, 2.05) is 0 Å². The lowest BCUT2D eigenvalue weighted by atomic mass is 10.2. The zero-order valence-electron chi connectivity index (χ0n) is 9.68. The van der Waals surface area contributed by atoms with E-state index in [-0.39, 0.29) is 5.56 Å². The fourth-order valence-corrected chi connectivity index (χ4v) is 1.18. The molecule has 0 amide bonds. The lowest BCUT2D eigenvalue weighted by Gasteiger charge is -2.15. The first-order chi connectivity index (χ1) is 9.12. The topological polar surface area (TPSA) is 42.2 Å². The van der Waals surface area contributed by atoms with Gasteiger partial charge in [0, 0.05) is 0 Å². The summed E-state index contributed by atoms with van der Waals surface area (Å²) >= 11 is 0. The van der Waals surface area contributed by atoms with Crippen LogP contribution < -0.4 is 9.47 Å².